The SMILES string of the molecule is CC(C)(C#N)CNC(=O)NC[C@H]1CCn2ccnc2C1. The van der Waals surface area contributed by atoms with Crippen LogP contribution in [0.3, 0.4) is 0 Å². The van der Waals surface area contributed by atoms with Gasteiger partial charge in [-0.1, -0.05) is 0 Å². The summed E-state index contributed by atoms with van der Waals surface area (Å²) in [7, 11) is 0. The number of nitrogens with zero attached hydrogens (tertiary/aromatic N) is 3. The lowest BCUT2D eigenvalue weighted by molar-refractivity contribution is 0.234. The van der Waals surface area contributed by atoms with Gasteiger partial charge in [-0.05, 0) is 26.2 Å². The molecule has 2 N–H and O–H groups in total. The molecule has 2 rings (SSSR count). The van der Waals surface area contributed by atoms with Crippen molar-refractivity contribution in [2.24, 2.45) is 11.3 Å². The molecule has 1 aromatic rings. The molecular formula is C14H21N5O. The van der Waals surface area contributed by atoms with Crippen LogP contribution in [0.4, 0.5) is 4.79 Å². The van der Waals surface area contributed by atoms with Gasteiger partial charge in [0, 0.05) is 38.4 Å². The molecule has 2 amide bonds. The number of hydrogen-bond acceptors (Lipinski definition) is 3. The summed E-state index contributed by atoms with van der Waals surface area (Å²) in [5.74, 6) is 1.52. The smallest absolute Gasteiger partial charge is 0.314 e. The minimum absolute atomic E-state index is 0.206. The van der Waals surface area contributed by atoms with E-state index in [4.69, 9.17) is 5.26 Å². The van der Waals surface area contributed by atoms with Gasteiger partial charge in [0.1, 0.15) is 5.82 Å². The summed E-state index contributed by atoms with van der Waals surface area (Å²) in [4.78, 5) is 16.0. The van der Waals surface area contributed by atoms with Crippen LogP contribution in [0.5, 0.6) is 0 Å². The lowest BCUT2D eigenvalue weighted by Gasteiger charge is -2.24. The molecule has 108 valence electrons. The van der Waals surface area contributed by atoms with E-state index >= 15 is 0 Å². The van der Waals surface area contributed by atoms with Crippen molar-refractivity contribution < 1.29 is 4.79 Å². The first-order chi connectivity index (χ1) is 9.50. The lowest BCUT2D eigenvalue weighted by atomic mass is 9.96. The van der Waals surface area contributed by atoms with Crippen molar-refractivity contribution in [3.8, 4) is 6.07 Å². The fraction of sp³-hybridized carbons (Fsp3) is 0.643. The maximum Gasteiger partial charge on any atom is 0.314 e. The Labute approximate surface area is 119 Å². The first-order valence-electron chi connectivity index (χ1n) is 6.93. The number of aromatic nitrogens is 2. The number of urea groups is 1. The Kier molecular flexibility index (Phi) is 4.28. The van der Waals surface area contributed by atoms with E-state index in [1.807, 2.05) is 12.4 Å². The highest BCUT2D eigenvalue weighted by atomic mass is 16.2. The van der Waals surface area contributed by atoms with E-state index in [9.17, 15) is 4.79 Å². The van der Waals surface area contributed by atoms with Gasteiger partial charge in [-0.2, -0.15) is 5.26 Å². The highest BCUT2D eigenvalue weighted by Crippen LogP contribution is 2.18. The number of carbonyl (C=O) groups is 1. The number of carbonyl (C=O) groups excluding carboxylic acids is 1. The lowest BCUT2D eigenvalue weighted by Crippen LogP contribution is -2.42. The highest BCUT2D eigenvalue weighted by Gasteiger charge is 2.21. The summed E-state index contributed by atoms with van der Waals surface area (Å²) in [5, 5.41) is 14.5. The number of nitriles is 1. The quantitative estimate of drug-likeness (QED) is 0.868. The standard InChI is InChI=1S/C14H21N5O/c1-14(2,9-15)10-18-13(20)17-8-11-3-5-19-6-4-16-12(19)7-11/h4,6,11H,3,5,7-8,10H2,1-2H3,(H2,17,18,20)/t11-/m0/s1. The minimum Gasteiger partial charge on any atom is -0.338 e. The Hall–Kier alpha value is -2.03. The number of aryl methyl sites for hydroxylation is 1. The van der Waals surface area contributed by atoms with E-state index in [0.29, 0.717) is 19.0 Å². The van der Waals surface area contributed by atoms with Gasteiger partial charge < -0.3 is 15.2 Å². The van der Waals surface area contributed by atoms with E-state index in [0.717, 1.165) is 25.2 Å². The fourth-order valence-electron chi connectivity index (χ4n) is 2.23. The van der Waals surface area contributed by atoms with E-state index in [1.165, 1.54) is 0 Å². The number of rotatable bonds is 4. The summed E-state index contributed by atoms with van der Waals surface area (Å²) >= 11 is 0. The second kappa shape index (κ2) is 5.95. The van der Waals surface area contributed by atoms with Crippen LogP contribution in [-0.2, 0) is 13.0 Å². The van der Waals surface area contributed by atoms with Gasteiger partial charge in [0.2, 0.25) is 0 Å². The molecule has 0 unspecified atom stereocenters. The molecule has 1 aliphatic heterocycles. The topological polar surface area (TPSA) is 82.7 Å². The number of nitrogens with one attached hydrogen (secondary N) is 2. The summed E-state index contributed by atoms with van der Waals surface area (Å²) in [6.45, 7) is 5.56. The average Bonchev–Trinajstić information content (AvgIpc) is 2.90. The van der Waals surface area contributed by atoms with Crippen LogP contribution < -0.4 is 10.6 Å². The van der Waals surface area contributed by atoms with Crippen molar-refractivity contribution >= 4 is 6.03 Å². The van der Waals surface area contributed by atoms with E-state index in [1.54, 1.807) is 13.8 Å². The Morgan fingerprint density at radius 2 is 2.40 bits per heavy atom. The van der Waals surface area contributed by atoms with Crippen molar-refractivity contribution in [1.82, 2.24) is 20.2 Å². The fourth-order valence-corrected chi connectivity index (χ4v) is 2.23. The van der Waals surface area contributed by atoms with Crippen LogP contribution in [0.1, 0.15) is 26.1 Å². The van der Waals surface area contributed by atoms with E-state index in [-0.39, 0.29) is 6.03 Å². The van der Waals surface area contributed by atoms with Gasteiger partial charge in [0.15, 0.2) is 0 Å². The molecule has 1 atom stereocenters. The molecule has 0 saturated heterocycles. The predicted molar refractivity (Wildman–Crippen MR) is 74.8 cm³/mol. The van der Waals surface area contributed by atoms with Gasteiger partial charge in [-0.15, -0.1) is 0 Å². The zero-order valence-corrected chi connectivity index (χ0v) is 12.0. The van der Waals surface area contributed by atoms with Gasteiger partial charge in [-0.25, -0.2) is 9.78 Å². The summed E-state index contributed by atoms with van der Waals surface area (Å²) in [5.41, 5.74) is -0.535. The van der Waals surface area contributed by atoms with Crippen LogP contribution in [0, 0.1) is 22.7 Å². The monoisotopic (exact) mass is 275 g/mol. The third-order valence-corrected chi connectivity index (χ3v) is 3.60. The summed E-state index contributed by atoms with van der Waals surface area (Å²) < 4.78 is 2.16. The maximum absolute atomic E-state index is 11.7. The Bertz CT molecular complexity index is 514. The van der Waals surface area contributed by atoms with Crippen molar-refractivity contribution in [3.63, 3.8) is 0 Å². The molecule has 20 heavy (non-hydrogen) atoms. The Morgan fingerprint density at radius 1 is 1.60 bits per heavy atom. The minimum atomic E-state index is -0.535. The molecule has 0 aromatic carbocycles. The number of imidazole rings is 1. The van der Waals surface area contributed by atoms with Crippen LogP contribution in [0.25, 0.3) is 0 Å². The number of hydrogen-bond donors (Lipinski definition) is 2. The van der Waals surface area contributed by atoms with Gasteiger partial charge in [-0.3, -0.25) is 0 Å². The summed E-state index contributed by atoms with van der Waals surface area (Å²) in [6.07, 6.45) is 5.77. The molecule has 2 heterocycles. The van der Waals surface area contributed by atoms with Crippen molar-refractivity contribution in [2.75, 3.05) is 13.1 Å². The van der Waals surface area contributed by atoms with Crippen LogP contribution >= 0.6 is 0 Å². The van der Waals surface area contributed by atoms with Crippen LogP contribution in [0.15, 0.2) is 12.4 Å². The van der Waals surface area contributed by atoms with Crippen molar-refractivity contribution in [2.45, 2.75) is 33.2 Å². The average molecular weight is 275 g/mol. The first-order valence-corrected chi connectivity index (χ1v) is 6.93. The molecule has 0 saturated carbocycles. The second-order valence-electron chi connectivity index (χ2n) is 5.95. The highest BCUT2D eigenvalue weighted by molar-refractivity contribution is 5.73. The van der Waals surface area contributed by atoms with Crippen molar-refractivity contribution in [3.05, 3.63) is 18.2 Å². The molecular weight excluding hydrogens is 254 g/mol. The molecule has 0 fully saturated rings. The van der Waals surface area contributed by atoms with Crippen LogP contribution in [0.2, 0.25) is 0 Å². The number of amides is 2. The Morgan fingerprint density at radius 3 is 3.15 bits per heavy atom. The third-order valence-electron chi connectivity index (χ3n) is 3.60. The van der Waals surface area contributed by atoms with Gasteiger partial charge in [0.25, 0.3) is 0 Å². The first kappa shape index (κ1) is 14.4. The van der Waals surface area contributed by atoms with Crippen molar-refractivity contribution in [1.29, 1.82) is 5.26 Å². The molecule has 1 aliphatic rings. The summed E-state index contributed by atoms with van der Waals surface area (Å²) in [6, 6.07) is 1.95. The van der Waals surface area contributed by atoms with Gasteiger partial charge in [0.05, 0.1) is 11.5 Å². The molecule has 6 heteroatoms. The molecule has 0 radical (unpaired) electrons. The predicted octanol–water partition coefficient (Wildman–Crippen LogP) is 1.29. The zero-order chi connectivity index (χ0) is 14.6. The normalized spacial score (nSPS) is 17.9. The van der Waals surface area contributed by atoms with E-state index < -0.39 is 5.41 Å². The number of fused-ring (bicyclic) bond motifs is 1. The molecule has 6 nitrogen and oxygen atoms in total. The molecule has 0 aliphatic carbocycles. The van der Waals surface area contributed by atoms with Crippen LogP contribution in [-0.4, -0.2) is 28.7 Å². The third kappa shape index (κ3) is 3.73. The van der Waals surface area contributed by atoms with E-state index in [2.05, 4.69) is 26.3 Å². The molecule has 0 bridgehead atoms. The second-order valence-corrected chi connectivity index (χ2v) is 5.95. The largest absolute Gasteiger partial charge is 0.338 e. The molecule has 1 aromatic heterocycles. The molecule has 0 spiro atoms. The zero-order valence-electron chi connectivity index (χ0n) is 12.0. The van der Waals surface area contributed by atoms with Gasteiger partial charge >= 0.3 is 6.03 Å². The Balaban J connectivity index is 1.71. The maximum atomic E-state index is 11.7.